The topological polar surface area (TPSA) is 61.0 Å². The number of aromatic nitrogens is 2. The van der Waals surface area contributed by atoms with E-state index in [1.54, 1.807) is 19.2 Å². The summed E-state index contributed by atoms with van der Waals surface area (Å²) in [6, 6.07) is 3.49. The van der Waals surface area contributed by atoms with Gasteiger partial charge in [0.15, 0.2) is 0 Å². The van der Waals surface area contributed by atoms with Crippen molar-refractivity contribution in [1.82, 2.24) is 9.97 Å². The van der Waals surface area contributed by atoms with Gasteiger partial charge in [-0.15, -0.1) is 12.4 Å². The minimum absolute atomic E-state index is 0. The van der Waals surface area contributed by atoms with Crippen molar-refractivity contribution < 1.29 is 4.74 Å². The first-order valence-electron chi connectivity index (χ1n) is 3.96. The molecule has 6 heteroatoms. The molecule has 2 rings (SSSR count). The van der Waals surface area contributed by atoms with Gasteiger partial charge in [0.1, 0.15) is 6.33 Å². The van der Waals surface area contributed by atoms with Crippen LogP contribution in [0.2, 0.25) is 5.02 Å². The number of methoxy groups -OCH3 is 1. The third-order valence-corrected chi connectivity index (χ3v) is 2.33. The summed E-state index contributed by atoms with van der Waals surface area (Å²) in [6.07, 6.45) is 1.40. The van der Waals surface area contributed by atoms with Gasteiger partial charge < -0.3 is 10.5 Å². The van der Waals surface area contributed by atoms with Crippen LogP contribution < -0.4 is 10.5 Å². The first kappa shape index (κ1) is 11.8. The van der Waals surface area contributed by atoms with Crippen LogP contribution in [0, 0.1) is 0 Å². The van der Waals surface area contributed by atoms with Gasteiger partial charge in [0.05, 0.1) is 28.7 Å². The Morgan fingerprint density at radius 3 is 2.73 bits per heavy atom. The Hall–Kier alpha value is -1.26. The van der Waals surface area contributed by atoms with E-state index in [2.05, 4.69) is 9.97 Å². The average molecular weight is 246 g/mol. The molecule has 0 aliphatic carbocycles. The molecule has 0 aliphatic rings. The smallest absolute Gasteiger partial charge is 0.224 e. The predicted octanol–water partition coefficient (Wildman–Crippen LogP) is 2.30. The van der Waals surface area contributed by atoms with Gasteiger partial charge in [0.2, 0.25) is 5.88 Å². The number of nitrogens with zero attached hydrogens (tertiary/aromatic N) is 2. The Bertz CT molecular complexity index is 490. The molecule has 1 aromatic heterocycles. The van der Waals surface area contributed by atoms with E-state index in [1.165, 1.54) is 6.33 Å². The SMILES string of the molecule is COc1ncnc2c(Cl)c(N)ccc12.Cl. The first-order chi connectivity index (χ1) is 6.74. The lowest BCUT2D eigenvalue weighted by Crippen LogP contribution is -1.93. The molecule has 0 fully saturated rings. The molecule has 0 amide bonds. The Morgan fingerprint density at radius 1 is 1.33 bits per heavy atom. The van der Waals surface area contributed by atoms with Gasteiger partial charge in [-0.25, -0.2) is 9.97 Å². The normalized spacial score (nSPS) is 9.73. The Kier molecular flexibility index (Phi) is 3.55. The number of anilines is 1. The van der Waals surface area contributed by atoms with Gasteiger partial charge in [0.25, 0.3) is 0 Å². The molecule has 0 aliphatic heterocycles. The second kappa shape index (κ2) is 4.51. The van der Waals surface area contributed by atoms with Crippen LogP contribution in [-0.2, 0) is 0 Å². The number of nitrogens with two attached hydrogens (primary N) is 1. The number of nitrogen functional groups attached to an aromatic ring is 1. The molecule has 2 aromatic rings. The van der Waals surface area contributed by atoms with Crippen molar-refractivity contribution in [2.75, 3.05) is 12.8 Å². The van der Waals surface area contributed by atoms with E-state index >= 15 is 0 Å². The van der Waals surface area contributed by atoms with Crippen LogP contribution >= 0.6 is 24.0 Å². The average Bonchev–Trinajstić information content (AvgIpc) is 2.23. The number of rotatable bonds is 1. The lowest BCUT2D eigenvalue weighted by molar-refractivity contribution is 0.402. The van der Waals surface area contributed by atoms with E-state index in [0.29, 0.717) is 22.1 Å². The van der Waals surface area contributed by atoms with Crippen molar-refractivity contribution in [3.05, 3.63) is 23.5 Å². The molecule has 0 unspecified atom stereocenters. The summed E-state index contributed by atoms with van der Waals surface area (Å²) in [6.45, 7) is 0. The summed E-state index contributed by atoms with van der Waals surface area (Å²) < 4.78 is 5.07. The summed E-state index contributed by atoms with van der Waals surface area (Å²) >= 11 is 5.98. The van der Waals surface area contributed by atoms with E-state index in [-0.39, 0.29) is 12.4 Å². The highest BCUT2D eigenvalue weighted by Crippen LogP contribution is 2.30. The Balaban J connectivity index is 0.00000112. The van der Waals surface area contributed by atoms with Gasteiger partial charge in [-0.3, -0.25) is 0 Å². The molecular weight excluding hydrogens is 237 g/mol. The Labute approximate surface area is 97.8 Å². The number of hydrogen-bond acceptors (Lipinski definition) is 4. The van der Waals surface area contributed by atoms with E-state index in [1.807, 2.05) is 0 Å². The number of hydrogen-bond donors (Lipinski definition) is 1. The highest BCUT2D eigenvalue weighted by Gasteiger charge is 2.08. The highest BCUT2D eigenvalue weighted by atomic mass is 35.5. The van der Waals surface area contributed by atoms with Crippen molar-refractivity contribution in [3.8, 4) is 5.88 Å². The second-order valence-electron chi connectivity index (χ2n) is 2.75. The van der Waals surface area contributed by atoms with Gasteiger partial charge in [0, 0.05) is 0 Å². The van der Waals surface area contributed by atoms with Gasteiger partial charge >= 0.3 is 0 Å². The molecule has 1 heterocycles. The number of fused-ring (bicyclic) bond motifs is 1. The Morgan fingerprint density at radius 2 is 2.07 bits per heavy atom. The van der Waals surface area contributed by atoms with Crippen molar-refractivity contribution in [2.45, 2.75) is 0 Å². The van der Waals surface area contributed by atoms with Gasteiger partial charge in [-0.05, 0) is 12.1 Å². The highest BCUT2D eigenvalue weighted by molar-refractivity contribution is 6.37. The zero-order valence-corrected chi connectivity index (χ0v) is 9.47. The van der Waals surface area contributed by atoms with Crippen LogP contribution in [0.5, 0.6) is 5.88 Å². The summed E-state index contributed by atoms with van der Waals surface area (Å²) in [5, 5.41) is 1.19. The number of ether oxygens (including phenoxy) is 1. The van der Waals surface area contributed by atoms with Crippen LogP contribution in [0.25, 0.3) is 10.9 Å². The van der Waals surface area contributed by atoms with E-state index in [4.69, 9.17) is 22.1 Å². The third kappa shape index (κ3) is 1.91. The number of benzene rings is 1. The van der Waals surface area contributed by atoms with Crippen LogP contribution in [0.4, 0.5) is 5.69 Å². The minimum Gasteiger partial charge on any atom is -0.480 e. The maximum atomic E-state index is 5.98. The maximum Gasteiger partial charge on any atom is 0.224 e. The molecule has 0 atom stereocenters. The number of halogens is 2. The summed E-state index contributed by atoms with van der Waals surface area (Å²) in [7, 11) is 1.55. The van der Waals surface area contributed by atoms with Crippen LogP contribution in [0.3, 0.4) is 0 Å². The van der Waals surface area contributed by atoms with Crippen molar-refractivity contribution >= 4 is 40.6 Å². The molecule has 0 bridgehead atoms. The molecule has 2 N–H and O–H groups in total. The maximum absolute atomic E-state index is 5.98. The summed E-state index contributed by atoms with van der Waals surface area (Å²) in [5.41, 5.74) is 6.75. The molecule has 0 saturated heterocycles. The molecular formula is C9H9Cl2N3O. The standard InChI is InChI=1S/C9H8ClN3O.ClH/c1-14-9-5-2-3-6(11)7(10)8(5)12-4-13-9;/h2-4H,11H2,1H3;1H. The fourth-order valence-corrected chi connectivity index (χ4v) is 1.46. The van der Waals surface area contributed by atoms with Crippen LogP contribution in [0.15, 0.2) is 18.5 Å². The summed E-state index contributed by atoms with van der Waals surface area (Å²) in [5.74, 6) is 0.497. The molecule has 15 heavy (non-hydrogen) atoms. The predicted molar refractivity (Wildman–Crippen MR) is 62.8 cm³/mol. The monoisotopic (exact) mass is 245 g/mol. The largest absolute Gasteiger partial charge is 0.480 e. The van der Waals surface area contributed by atoms with E-state index in [9.17, 15) is 0 Å². The third-order valence-electron chi connectivity index (χ3n) is 1.93. The fraction of sp³-hybridized carbons (Fsp3) is 0.111. The van der Waals surface area contributed by atoms with Crippen molar-refractivity contribution in [3.63, 3.8) is 0 Å². The summed E-state index contributed by atoms with van der Waals surface area (Å²) in [4.78, 5) is 8.01. The van der Waals surface area contributed by atoms with Crippen molar-refractivity contribution in [1.29, 1.82) is 0 Å². The molecule has 80 valence electrons. The van der Waals surface area contributed by atoms with E-state index in [0.717, 1.165) is 5.39 Å². The quantitative estimate of drug-likeness (QED) is 0.784. The van der Waals surface area contributed by atoms with Crippen LogP contribution in [-0.4, -0.2) is 17.1 Å². The lowest BCUT2D eigenvalue weighted by atomic mass is 10.2. The molecule has 0 saturated carbocycles. The first-order valence-corrected chi connectivity index (χ1v) is 4.34. The molecule has 4 nitrogen and oxygen atoms in total. The van der Waals surface area contributed by atoms with Gasteiger partial charge in [-0.2, -0.15) is 0 Å². The van der Waals surface area contributed by atoms with E-state index < -0.39 is 0 Å². The zero-order valence-electron chi connectivity index (χ0n) is 7.90. The minimum atomic E-state index is 0. The molecule has 0 radical (unpaired) electrons. The zero-order chi connectivity index (χ0) is 10.1. The molecule has 1 aromatic carbocycles. The van der Waals surface area contributed by atoms with Crippen LogP contribution in [0.1, 0.15) is 0 Å². The molecule has 0 spiro atoms. The lowest BCUT2D eigenvalue weighted by Gasteiger charge is -2.05. The fourth-order valence-electron chi connectivity index (χ4n) is 1.25. The van der Waals surface area contributed by atoms with Crippen molar-refractivity contribution in [2.24, 2.45) is 0 Å². The van der Waals surface area contributed by atoms with Gasteiger partial charge in [-0.1, -0.05) is 11.6 Å². The second-order valence-corrected chi connectivity index (χ2v) is 3.13.